The first kappa shape index (κ1) is 14.9. The van der Waals surface area contributed by atoms with E-state index in [1.807, 2.05) is 43.0 Å². The second kappa shape index (κ2) is 5.56. The second-order valence-corrected chi connectivity index (χ2v) is 6.55. The summed E-state index contributed by atoms with van der Waals surface area (Å²) in [6.45, 7) is 0. The van der Waals surface area contributed by atoms with E-state index in [-0.39, 0.29) is 0 Å². The van der Waals surface area contributed by atoms with Crippen molar-refractivity contribution in [3.05, 3.63) is 72.8 Å². The molecule has 0 radical (unpaired) electrons. The third kappa shape index (κ3) is 2.15. The number of nitrogens with zero attached hydrogens (tertiary/aromatic N) is 4. The lowest BCUT2D eigenvalue weighted by Crippen LogP contribution is -1.95. The number of fused-ring (bicyclic) bond motifs is 2. The summed E-state index contributed by atoms with van der Waals surface area (Å²) in [5, 5.41) is 5.90. The molecule has 0 fully saturated rings. The molecule has 0 atom stereocenters. The molecule has 0 saturated carbocycles. The van der Waals surface area contributed by atoms with E-state index in [1.54, 1.807) is 0 Å². The van der Waals surface area contributed by atoms with Gasteiger partial charge >= 0.3 is 0 Å². The predicted octanol–water partition coefficient (Wildman–Crippen LogP) is 4.79. The van der Waals surface area contributed by atoms with Crippen molar-refractivity contribution in [1.82, 2.24) is 19.3 Å². The summed E-state index contributed by atoms with van der Waals surface area (Å²) < 4.78 is 4.05. The third-order valence-corrected chi connectivity index (χ3v) is 4.96. The third-order valence-electron chi connectivity index (χ3n) is 4.96. The van der Waals surface area contributed by atoms with Crippen molar-refractivity contribution < 1.29 is 0 Å². The average Bonchev–Trinajstić information content (AvgIpc) is 3.20. The fraction of sp³-hybridized carbons (Fsp3) is 0.0909. The minimum Gasteiger partial charge on any atom is -0.326 e. The van der Waals surface area contributed by atoms with Crippen molar-refractivity contribution in [1.29, 1.82) is 0 Å². The fourth-order valence-corrected chi connectivity index (χ4v) is 3.60. The molecule has 0 bridgehead atoms. The maximum Gasteiger partial charge on any atom is 0.162 e. The van der Waals surface area contributed by atoms with Gasteiger partial charge in [0, 0.05) is 19.5 Å². The molecular weight excluding hydrogens is 320 g/mol. The van der Waals surface area contributed by atoms with Crippen molar-refractivity contribution >= 4 is 21.9 Å². The highest BCUT2D eigenvalue weighted by Crippen LogP contribution is 2.32. The van der Waals surface area contributed by atoms with E-state index in [2.05, 4.69) is 53.1 Å². The molecular formula is C22H18N4. The lowest BCUT2D eigenvalue weighted by Gasteiger charge is -2.03. The van der Waals surface area contributed by atoms with Crippen LogP contribution in [0.5, 0.6) is 0 Å². The van der Waals surface area contributed by atoms with Crippen molar-refractivity contribution in [2.24, 2.45) is 14.1 Å². The molecule has 2 heterocycles. The Morgan fingerprint density at radius 2 is 1.50 bits per heavy atom. The monoisotopic (exact) mass is 338 g/mol. The van der Waals surface area contributed by atoms with E-state index in [0.717, 1.165) is 33.5 Å². The smallest absolute Gasteiger partial charge is 0.162 e. The van der Waals surface area contributed by atoms with E-state index in [4.69, 9.17) is 10.1 Å². The van der Waals surface area contributed by atoms with Crippen LogP contribution in [-0.4, -0.2) is 19.3 Å². The molecule has 0 saturated heterocycles. The van der Waals surface area contributed by atoms with E-state index in [9.17, 15) is 0 Å². The fourth-order valence-electron chi connectivity index (χ4n) is 3.60. The van der Waals surface area contributed by atoms with Gasteiger partial charge < -0.3 is 4.57 Å². The summed E-state index contributed by atoms with van der Waals surface area (Å²) in [6.07, 6.45) is 0. The number of hydrogen-bond donors (Lipinski definition) is 0. The summed E-state index contributed by atoms with van der Waals surface area (Å²) in [5.41, 5.74) is 6.51. The summed E-state index contributed by atoms with van der Waals surface area (Å²) in [6, 6.07) is 25.1. The molecule has 26 heavy (non-hydrogen) atoms. The van der Waals surface area contributed by atoms with Gasteiger partial charge in [0.2, 0.25) is 0 Å². The number of imidazole rings is 1. The highest BCUT2D eigenvalue weighted by Gasteiger charge is 2.17. The summed E-state index contributed by atoms with van der Waals surface area (Å²) in [5.74, 6) is 0.891. The molecule has 0 spiro atoms. The summed E-state index contributed by atoms with van der Waals surface area (Å²) in [7, 11) is 4.03. The lowest BCUT2D eigenvalue weighted by molar-refractivity contribution is 0.794. The van der Waals surface area contributed by atoms with Crippen LogP contribution in [-0.2, 0) is 14.1 Å². The number of benzene rings is 3. The van der Waals surface area contributed by atoms with Gasteiger partial charge in [-0.05, 0) is 35.4 Å². The Bertz CT molecular complexity index is 1250. The van der Waals surface area contributed by atoms with Crippen LogP contribution in [0.1, 0.15) is 0 Å². The molecule has 0 aliphatic carbocycles. The van der Waals surface area contributed by atoms with E-state index in [1.165, 1.54) is 11.1 Å². The quantitative estimate of drug-likeness (QED) is 0.464. The maximum absolute atomic E-state index is 4.84. The zero-order valence-corrected chi connectivity index (χ0v) is 14.7. The van der Waals surface area contributed by atoms with Gasteiger partial charge in [0.15, 0.2) is 5.82 Å². The van der Waals surface area contributed by atoms with Crippen LogP contribution in [0.3, 0.4) is 0 Å². The van der Waals surface area contributed by atoms with Gasteiger partial charge in [-0.3, -0.25) is 4.68 Å². The topological polar surface area (TPSA) is 35.6 Å². The predicted molar refractivity (Wildman–Crippen MR) is 106 cm³/mol. The molecule has 126 valence electrons. The average molecular weight is 338 g/mol. The molecule has 4 nitrogen and oxygen atoms in total. The SMILES string of the molecule is Cn1nc(-c2nc3ccccc3n2C)c2cc(-c3ccccc3)ccc21. The molecule has 5 aromatic rings. The van der Waals surface area contributed by atoms with Gasteiger partial charge in [-0.2, -0.15) is 5.10 Å². The van der Waals surface area contributed by atoms with Crippen LogP contribution in [0.25, 0.3) is 44.6 Å². The zero-order chi connectivity index (χ0) is 17.7. The summed E-state index contributed by atoms with van der Waals surface area (Å²) >= 11 is 0. The first-order chi connectivity index (χ1) is 12.7. The molecule has 0 aliphatic rings. The molecule has 0 amide bonds. The minimum absolute atomic E-state index is 0.891. The zero-order valence-electron chi connectivity index (χ0n) is 14.7. The number of para-hydroxylation sites is 2. The van der Waals surface area contributed by atoms with Crippen molar-refractivity contribution in [3.8, 4) is 22.6 Å². The lowest BCUT2D eigenvalue weighted by atomic mass is 10.0. The largest absolute Gasteiger partial charge is 0.326 e. The Balaban J connectivity index is 1.78. The van der Waals surface area contributed by atoms with Gasteiger partial charge in [-0.15, -0.1) is 0 Å². The number of aryl methyl sites for hydroxylation is 2. The van der Waals surface area contributed by atoms with Crippen LogP contribution in [0.4, 0.5) is 0 Å². The molecule has 2 aromatic heterocycles. The Morgan fingerprint density at radius 1 is 0.731 bits per heavy atom. The van der Waals surface area contributed by atoms with Crippen molar-refractivity contribution in [3.63, 3.8) is 0 Å². The molecule has 5 rings (SSSR count). The summed E-state index contributed by atoms with van der Waals surface area (Å²) in [4.78, 5) is 4.84. The van der Waals surface area contributed by atoms with Gasteiger partial charge in [-0.1, -0.05) is 48.5 Å². The van der Waals surface area contributed by atoms with E-state index in [0.29, 0.717) is 0 Å². The van der Waals surface area contributed by atoms with Crippen LogP contribution >= 0.6 is 0 Å². The van der Waals surface area contributed by atoms with Gasteiger partial charge in [0.25, 0.3) is 0 Å². The standard InChI is InChI=1S/C22H18N4/c1-25-20-11-7-6-10-18(20)23-22(25)21-17-14-16(15-8-4-3-5-9-15)12-13-19(17)26(2)24-21/h3-14H,1-2H3. The number of rotatable bonds is 2. The van der Waals surface area contributed by atoms with Crippen LogP contribution < -0.4 is 0 Å². The van der Waals surface area contributed by atoms with Crippen LogP contribution in [0.15, 0.2) is 72.8 Å². The maximum atomic E-state index is 4.84. The molecule has 0 unspecified atom stereocenters. The van der Waals surface area contributed by atoms with Crippen molar-refractivity contribution in [2.75, 3.05) is 0 Å². The molecule has 0 aliphatic heterocycles. The first-order valence-corrected chi connectivity index (χ1v) is 8.66. The normalized spacial score (nSPS) is 11.5. The van der Waals surface area contributed by atoms with E-state index < -0.39 is 0 Å². The Hall–Kier alpha value is -3.40. The van der Waals surface area contributed by atoms with Crippen LogP contribution in [0, 0.1) is 0 Å². The van der Waals surface area contributed by atoms with Gasteiger partial charge in [0.1, 0.15) is 5.69 Å². The first-order valence-electron chi connectivity index (χ1n) is 8.66. The minimum atomic E-state index is 0.891. The number of hydrogen-bond acceptors (Lipinski definition) is 2. The van der Waals surface area contributed by atoms with Crippen molar-refractivity contribution in [2.45, 2.75) is 0 Å². The number of aromatic nitrogens is 4. The van der Waals surface area contributed by atoms with E-state index >= 15 is 0 Å². The highest BCUT2D eigenvalue weighted by atomic mass is 15.3. The Kier molecular flexibility index (Phi) is 3.19. The molecule has 3 aromatic carbocycles. The van der Waals surface area contributed by atoms with Crippen LogP contribution in [0.2, 0.25) is 0 Å². The van der Waals surface area contributed by atoms with Gasteiger partial charge in [0.05, 0.1) is 16.6 Å². The van der Waals surface area contributed by atoms with Gasteiger partial charge in [-0.25, -0.2) is 4.98 Å². The molecule has 4 heteroatoms. The highest BCUT2D eigenvalue weighted by molar-refractivity contribution is 5.96. The second-order valence-electron chi connectivity index (χ2n) is 6.55. The Morgan fingerprint density at radius 3 is 2.31 bits per heavy atom. The Labute approximate surface area is 151 Å². The molecule has 0 N–H and O–H groups in total.